The van der Waals surface area contributed by atoms with Crippen molar-refractivity contribution in [3.63, 3.8) is 0 Å². The number of hydrogen-bond donors (Lipinski definition) is 2. The second-order valence-electron chi connectivity index (χ2n) is 4.92. The van der Waals surface area contributed by atoms with E-state index in [1.54, 1.807) is 35.0 Å². The smallest absolute Gasteiger partial charge is 0.272 e. The number of carbonyl (C=O) groups is 1. The molecule has 6 heteroatoms. The fourth-order valence-corrected chi connectivity index (χ4v) is 2.37. The molecule has 2 rings (SSSR count). The lowest BCUT2D eigenvalue weighted by molar-refractivity contribution is 0.101. The number of hydrogen-bond acceptors (Lipinski definition) is 3. The average Bonchev–Trinajstić information content (AvgIpc) is 2.81. The number of nitrogens with two attached hydrogens (primary N) is 1. The lowest BCUT2D eigenvalue weighted by Gasteiger charge is -2.13. The first-order valence-electron chi connectivity index (χ1n) is 6.40. The molecule has 21 heavy (non-hydrogen) atoms. The van der Waals surface area contributed by atoms with Gasteiger partial charge in [0, 0.05) is 16.7 Å². The first-order chi connectivity index (χ1) is 9.92. The molecule has 0 aliphatic rings. The molecule has 3 N–H and O–H groups in total. The molecule has 0 saturated heterocycles. The van der Waals surface area contributed by atoms with Crippen molar-refractivity contribution in [2.75, 3.05) is 11.1 Å². The van der Waals surface area contributed by atoms with Crippen LogP contribution in [-0.2, 0) is 0 Å². The van der Waals surface area contributed by atoms with E-state index in [9.17, 15) is 4.79 Å². The van der Waals surface area contributed by atoms with E-state index in [4.69, 9.17) is 11.0 Å². The molecule has 0 fully saturated rings. The molecule has 0 bridgehead atoms. The van der Waals surface area contributed by atoms with E-state index in [2.05, 4.69) is 27.3 Å². The number of amides is 1. The van der Waals surface area contributed by atoms with Gasteiger partial charge in [-0.1, -0.05) is 15.9 Å². The topological polar surface area (TPSA) is 83.8 Å². The van der Waals surface area contributed by atoms with E-state index < -0.39 is 0 Å². The molecule has 0 aliphatic carbocycles. The van der Waals surface area contributed by atoms with E-state index in [1.165, 1.54) is 0 Å². The largest absolute Gasteiger partial charge is 0.397 e. The quantitative estimate of drug-likeness (QED) is 0.891. The van der Waals surface area contributed by atoms with Crippen LogP contribution in [0.5, 0.6) is 0 Å². The summed E-state index contributed by atoms with van der Waals surface area (Å²) in [5.41, 5.74) is 7.63. The first kappa shape index (κ1) is 15.1. The van der Waals surface area contributed by atoms with E-state index in [-0.39, 0.29) is 11.9 Å². The normalized spacial score (nSPS) is 10.4. The van der Waals surface area contributed by atoms with Gasteiger partial charge in [-0.05, 0) is 38.1 Å². The summed E-state index contributed by atoms with van der Waals surface area (Å²) >= 11 is 3.33. The van der Waals surface area contributed by atoms with Crippen LogP contribution in [0.25, 0.3) is 0 Å². The van der Waals surface area contributed by atoms with E-state index in [1.807, 2.05) is 13.8 Å². The maximum atomic E-state index is 12.4. The number of benzene rings is 1. The summed E-state index contributed by atoms with van der Waals surface area (Å²) in [4.78, 5) is 12.4. The van der Waals surface area contributed by atoms with Crippen LogP contribution in [0.4, 0.5) is 11.4 Å². The lowest BCUT2D eigenvalue weighted by atomic mass is 10.2. The van der Waals surface area contributed by atoms with Crippen molar-refractivity contribution in [1.82, 2.24) is 4.57 Å². The Labute approximate surface area is 131 Å². The molecule has 1 amide bonds. The molecule has 0 aliphatic heterocycles. The lowest BCUT2D eigenvalue weighted by Crippen LogP contribution is -2.18. The predicted octanol–water partition coefficient (Wildman–Crippen LogP) is 3.54. The zero-order valence-corrected chi connectivity index (χ0v) is 13.3. The highest BCUT2D eigenvalue weighted by Gasteiger charge is 2.16. The highest BCUT2D eigenvalue weighted by molar-refractivity contribution is 9.10. The van der Waals surface area contributed by atoms with Crippen LogP contribution in [0.1, 0.15) is 35.9 Å². The molecule has 2 aromatic rings. The monoisotopic (exact) mass is 346 g/mol. The Morgan fingerprint density at radius 2 is 2.14 bits per heavy atom. The summed E-state index contributed by atoms with van der Waals surface area (Å²) in [5.74, 6) is -0.296. The summed E-state index contributed by atoms with van der Waals surface area (Å²) < 4.78 is 2.59. The Bertz CT molecular complexity index is 728. The Morgan fingerprint density at radius 3 is 2.76 bits per heavy atom. The fraction of sp³-hybridized carbons (Fsp3) is 0.200. The van der Waals surface area contributed by atoms with Crippen molar-refractivity contribution in [2.24, 2.45) is 0 Å². The summed E-state index contributed by atoms with van der Waals surface area (Å²) in [6, 6.07) is 8.89. The van der Waals surface area contributed by atoms with Crippen molar-refractivity contribution in [1.29, 1.82) is 5.26 Å². The van der Waals surface area contributed by atoms with Crippen molar-refractivity contribution >= 4 is 33.2 Å². The van der Waals surface area contributed by atoms with Gasteiger partial charge in [-0.25, -0.2) is 0 Å². The third kappa shape index (κ3) is 3.26. The van der Waals surface area contributed by atoms with Gasteiger partial charge in [-0.15, -0.1) is 0 Å². The molecule has 1 heterocycles. The standard InChI is InChI=1S/C15H15BrN4O/c1-9(2)20-8-12(18)6-14(20)15(21)19-13-5-11(16)4-3-10(13)7-17/h3-6,8-9H,18H2,1-2H3,(H,19,21). The number of nitrogens with zero attached hydrogens (tertiary/aromatic N) is 2. The summed E-state index contributed by atoms with van der Waals surface area (Å²) in [6.45, 7) is 3.94. The highest BCUT2D eigenvalue weighted by atomic mass is 79.9. The zero-order chi connectivity index (χ0) is 15.6. The van der Waals surface area contributed by atoms with Gasteiger partial charge >= 0.3 is 0 Å². The van der Waals surface area contributed by atoms with Gasteiger partial charge in [0.15, 0.2) is 0 Å². The fourth-order valence-electron chi connectivity index (χ4n) is 2.01. The molecule has 0 unspecified atom stereocenters. The van der Waals surface area contributed by atoms with Crippen molar-refractivity contribution < 1.29 is 4.79 Å². The Hall–Kier alpha value is -2.26. The van der Waals surface area contributed by atoms with Crippen LogP contribution in [0.3, 0.4) is 0 Å². The maximum Gasteiger partial charge on any atom is 0.272 e. The number of nitrogens with one attached hydrogen (secondary N) is 1. The third-order valence-electron chi connectivity index (χ3n) is 3.01. The van der Waals surface area contributed by atoms with Crippen molar-refractivity contribution in [3.8, 4) is 6.07 Å². The summed E-state index contributed by atoms with van der Waals surface area (Å²) in [7, 11) is 0. The third-order valence-corrected chi connectivity index (χ3v) is 3.50. The van der Waals surface area contributed by atoms with Crippen LogP contribution in [-0.4, -0.2) is 10.5 Å². The molecule has 0 saturated carbocycles. The second-order valence-corrected chi connectivity index (χ2v) is 5.83. The summed E-state index contributed by atoms with van der Waals surface area (Å²) in [5, 5.41) is 11.9. The predicted molar refractivity (Wildman–Crippen MR) is 86.0 cm³/mol. The molecule has 0 atom stereocenters. The Morgan fingerprint density at radius 1 is 1.43 bits per heavy atom. The first-order valence-corrected chi connectivity index (χ1v) is 7.20. The van der Waals surface area contributed by atoms with Gasteiger partial charge < -0.3 is 15.6 Å². The van der Waals surface area contributed by atoms with Crippen LogP contribution in [0.2, 0.25) is 0 Å². The van der Waals surface area contributed by atoms with Gasteiger partial charge in [-0.2, -0.15) is 5.26 Å². The number of halogens is 1. The number of nitrogen functional groups attached to an aromatic ring is 1. The number of aromatic nitrogens is 1. The average molecular weight is 347 g/mol. The number of anilines is 2. The van der Waals surface area contributed by atoms with Crippen LogP contribution >= 0.6 is 15.9 Å². The second kappa shape index (κ2) is 6.02. The van der Waals surface area contributed by atoms with Gasteiger partial charge in [-0.3, -0.25) is 4.79 Å². The van der Waals surface area contributed by atoms with Gasteiger partial charge in [0.1, 0.15) is 11.8 Å². The van der Waals surface area contributed by atoms with E-state index in [0.717, 1.165) is 4.47 Å². The molecule has 1 aromatic heterocycles. The Kier molecular flexibility index (Phi) is 4.34. The van der Waals surface area contributed by atoms with E-state index in [0.29, 0.717) is 22.6 Å². The minimum Gasteiger partial charge on any atom is -0.397 e. The minimum absolute atomic E-state index is 0.112. The van der Waals surface area contributed by atoms with Gasteiger partial charge in [0.05, 0.1) is 16.9 Å². The highest BCUT2D eigenvalue weighted by Crippen LogP contribution is 2.23. The Balaban J connectivity index is 2.35. The van der Waals surface area contributed by atoms with Crippen LogP contribution in [0.15, 0.2) is 34.9 Å². The maximum absolute atomic E-state index is 12.4. The van der Waals surface area contributed by atoms with E-state index >= 15 is 0 Å². The summed E-state index contributed by atoms with van der Waals surface area (Å²) in [6.07, 6.45) is 1.73. The SMILES string of the molecule is CC(C)n1cc(N)cc1C(=O)Nc1cc(Br)ccc1C#N. The van der Waals surface area contributed by atoms with Crippen LogP contribution < -0.4 is 11.1 Å². The molecule has 5 nitrogen and oxygen atoms in total. The molecule has 0 spiro atoms. The van der Waals surface area contributed by atoms with Gasteiger partial charge in [0.2, 0.25) is 0 Å². The number of nitriles is 1. The molecule has 1 aromatic carbocycles. The molecule has 0 radical (unpaired) electrons. The molecular formula is C15H15BrN4O. The van der Waals surface area contributed by atoms with Crippen molar-refractivity contribution in [2.45, 2.75) is 19.9 Å². The molecule has 108 valence electrons. The number of rotatable bonds is 3. The zero-order valence-electron chi connectivity index (χ0n) is 11.7. The van der Waals surface area contributed by atoms with Crippen LogP contribution in [0, 0.1) is 11.3 Å². The minimum atomic E-state index is -0.296. The van der Waals surface area contributed by atoms with Gasteiger partial charge in [0.25, 0.3) is 5.91 Å². The molecular weight excluding hydrogens is 332 g/mol. The number of carbonyl (C=O) groups excluding carboxylic acids is 1. The van der Waals surface area contributed by atoms with Crippen molar-refractivity contribution in [3.05, 3.63) is 46.2 Å².